The largest absolute Gasteiger partial charge is 0.495 e. The van der Waals surface area contributed by atoms with Crippen molar-refractivity contribution in [2.45, 2.75) is 6.54 Å². The molecule has 0 unspecified atom stereocenters. The number of anilines is 1. The summed E-state index contributed by atoms with van der Waals surface area (Å²) >= 11 is 3.33. The van der Waals surface area contributed by atoms with E-state index in [0.717, 1.165) is 10.3 Å². The monoisotopic (exact) mass is 317 g/mol. The van der Waals surface area contributed by atoms with Crippen LogP contribution in [0.5, 0.6) is 5.75 Å². The highest BCUT2D eigenvalue weighted by Crippen LogP contribution is 2.28. The summed E-state index contributed by atoms with van der Waals surface area (Å²) in [5.41, 5.74) is 2.12. The van der Waals surface area contributed by atoms with Crippen LogP contribution in [0.25, 0.3) is 0 Å². The van der Waals surface area contributed by atoms with Crippen molar-refractivity contribution in [2.24, 2.45) is 0 Å². The molecular formula is C14H12BrN3O. The smallest absolute Gasteiger partial charge is 0.143 e. The number of rotatable bonds is 4. The minimum atomic E-state index is 0.522. The molecule has 4 nitrogen and oxygen atoms in total. The van der Waals surface area contributed by atoms with Gasteiger partial charge in [0.1, 0.15) is 16.4 Å². The molecule has 0 saturated heterocycles. The van der Waals surface area contributed by atoms with Crippen molar-refractivity contribution in [1.29, 1.82) is 5.26 Å². The first-order valence-electron chi connectivity index (χ1n) is 5.67. The summed E-state index contributed by atoms with van der Waals surface area (Å²) in [4.78, 5) is 4.33. The molecule has 0 radical (unpaired) electrons. The van der Waals surface area contributed by atoms with Crippen molar-refractivity contribution in [3.05, 3.63) is 52.3 Å². The molecule has 0 fully saturated rings. The van der Waals surface area contributed by atoms with Crippen molar-refractivity contribution < 1.29 is 4.74 Å². The van der Waals surface area contributed by atoms with Crippen molar-refractivity contribution in [3.63, 3.8) is 0 Å². The van der Waals surface area contributed by atoms with E-state index in [9.17, 15) is 0 Å². The van der Waals surface area contributed by atoms with E-state index < -0.39 is 0 Å². The lowest BCUT2D eigenvalue weighted by Gasteiger charge is -2.12. The van der Waals surface area contributed by atoms with Crippen LogP contribution in [0.4, 0.5) is 5.69 Å². The summed E-state index contributed by atoms with van der Waals surface area (Å²) in [5, 5.41) is 12.3. The molecule has 0 amide bonds. The fraction of sp³-hybridized carbons (Fsp3) is 0.143. The molecule has 0 aliphatic carbocycles. The topological polar surface area (TPSA) is 57.9 Å². The van der Waals surface area contributed by atoms with Crippen LogP contribution >= 0.6 is 15.9 Å². The van der Waals surface area contributed by atoms with Crippen LogP contribution < -0.4 is 10.1 Å². The summed E-state index contributed by atoms with van der Waals surface area (Å²) < 4.78 is 6.04. The van der Waals surface area contributed by atoms with Gasteiger partial charge in [-0.3, -0.25) is 0 Å². The molecule has 2 aromatic rings. The maximum atomic E-state index is 9.11. The second kappa shape index (κ2) is 6.21. The van der Waals surface area contributed by atoms with E-state index in [2.05, 4.69) is 32.3 Å². The third-order valence-corrected chi connectivity index (χ3v) is 3.03. The van der Waals surface area contributed by atoms with Crippen LogP contribution in [0.1, 0.15) is 11.3 Å². The summed E-state index contributed by atoms with van der Waals surface area (Å²) in [6.45, 7) is 0.522. The van der Waals surface area contributed by atoms with Gasteiger partial charge in [0.25, 0.3) is 0 Å². The Balaban J connectivity index is 2.22. The standard InChI is InChI=1S/C14H12BrN3O/c1-19-12-6-2-4-10(8-16)14(12)17-9-11-5-3-7-13(15)18-11/h2-7,17H,9H2,1H3. The number of nitriles is 1. The van der Waals surface area contributed by atoms with Crippen LogP contribution in [-0.4, -0.2) is 12.1 Å². The second-order valence-electron chi connectivity index (χ2n) is 3.80. The predicted octanol–water partition coefficient (Wildman–Crippen LogP) is 3.34. The molecule has 1 N–H and O–H groups in total. The number of aromatic nitrogens is 1. The minimum Gasteiger partial charge on any atom is -0.495 e. The fourth-order valence-electron chi connectivity index (χ4n) is 1.70. The van der Waals surface area contributed by atoms with Gasteiger partial charge in [0.15, 0.2) is 0 Å². The molecule has 0 atom stereocenters. The highest BCUT2D eigenvalue weighted by Gasteiger charge is 2.08. The van der Waals surface area contributed by atoms with Crippen LogP contribution in [0.15, 0.2) is 41.0 Å². The van der Waals surface area contributed by atoms with Crippen molar-refractivity contribution in [1.82, 2.24) is 4.98 Å². The molecule has 96 valence electrons. The zero-order chi connectivity index (χ0) is 13.7. The van der Waals surface area contributed by atoms with E-state index in [4.69, 9.17) is 10.00 Å². The van der Waals surface area contributed by atoms with Crippen LogP contribution in [-0.2, 0) is 6.54 Å². The lowest BCUT2D eigenvalue weighted by molar-refractivity contribution is 0.416. The van der Waals surface area contributed by atoms with E-state index in [1.165, 1.54) is 0 Å². The fourth-order valence-corrected chi connectivity index (χ4v) is 2.08. The molecule has 1 aromatic carbocycles. The molecule has 1 aromatic heterocycles. The van der Waals surface area contributed by atoms with E-state index >= 15 is 0 Å². The Bertz CT molecular complexity index is 622. The molecule has 2 rings (SSSR count). The summed E-state index contributed by atoms with van der Waals surface area (Å²) in [7, 11) is 1.58. The number of benzene rings is 1. The van der Waals surface area contributed by atoms with Crippen LogP contribution in [0.2, 0.25) is 0 Å². The second-order valence-corrected chi connectivity index (χ2v) is 4.61. The quantitative estimate of drug-likeness (QED) is 0.879. The van der Waals surface area contributed by atoms with Gasteiger partial charge >= 0.3 is 0 Å². The van der Waals surface area contributed by atoms with Gasteiger partial charge in [-0.05, 0) is 40.2 Å². The Labute approximate surface area is 120 Å². The number of hydrogen-bond donors (Lipinski definition) is 1. The first-order valence-corrected chi connectivity index (χ1v) is 6.46. The number of pyridine rings is 1. The summed E-state index contributed by atoms with van der Waals surface area (Å²) in [5.74, 6) is 0.647. The third-order valence-electron chi connectivity index (χ3n) is 2.59. The van der Waals surface area contributed by atoms with E-state index in [-0.39, 0.29) is 0 Å². The van der Waals surface area contributed by atoms with Crippen molar-refractivity contribution >= 4 is 21.6 Å². The SMILES string of the molecule is COc1cccc(C#N)c1NCc1cccc(Br)n1. The normalized spacial score (nSPS) is 9.74. The molecule has 1 heterocycles. The molecule has 0 bridgehead atoms. The van der Waals surface area contributed by atoms with Crippen LogP contribution in [0, 0.1) is 11.3 Å². The molecule has 19 heavy (non-hydrogen) atoms. The molecule has 0 aliphatic rings. The zero-order valence-corrected chi connectivity index (χ0v) is 11.9. The Kier molecular flexibility index (Phi) is 4.37. The van der Waals surface area contributed by atoms with E-state index in [1.807, 2.05) is 24.3 Å². The molecule has 0 spiro atoms. The van der Waals surface area contributed by atoms with Gasteiger partial charge in [-0.25, -0.2) is 4.98 Å². The Morgan fingerprint density at radius 3 is 2.79 bits per heavy atom. The van der Waals surface area contributed by atoms with Gasteiger partial charge in [0.05, 0.1) is 30.6 Å². The average molecular weight is 318 g/mol. The van der Waals surface area contributed by atoms with Crippen LogP contribution in [0.3, 0.4) is 0 Å². The number of para-hydroxylation sites is 1. The maximum absolute atomic E-state index is 9.11. The highest BCUT2D eigenvalue weighted by atomic mass is 79.9. The number of halogens is 1. The number of nitrogens with one attached hydrogen (secondary N) is 1. The van der Waals surface area contributed by atoms with E-state index in [1.54, 1.807) is 19.2 Å². The van der Waals surface area contributed by atoms with Gasteiger partial charge in [0.2, 0.25) is 0 Å². The van der Waals surface area contributed by atoms with Gasteiger partial charge in [-0.2, -0.15) is 5.26 Å². The molecule has 5 heteroatoms. The summed E-state index contributed by atoms with van der Waals surface area (Å²) in [6, 6.07) is 13.2. The summed E-state index contributed by atoms with van der Waals surface area (Å²) in [6.07, 6.45) is 0. The number of nitrogens with zero attached hydrogens (tertiary/aromatic N) is 2. The first kappa shape index (κ1) is 13.4. The number of methoxy groups -OCH3 is 1. The maximum Gasteiger partial charge on any atom is 0.143 e. The number of hydrogen-bond acceptors (Lipinski definition) is 4. The molecular weight excluding hydrogens is 306 g/mol. The number of ether oxygens (including phenoxy) is 1. The Morgan fingerprint density at radius 2 is 2.11 bits per heavy atom. The molecule has 0 saturated carbocycles. The minimum absolute atomic E-state index is 0.522. The Morgan fingerprint density at radius 1 is 1.32 bits per heavy atom. The zero-order valence-electron chi connectivity index (χ0n) is 10.4. The highest BCUT2D eigenvalue weighted by molar-refractivity contribution is 9.10. The van der Waals surface area contributed by atoms with Gasteiger partial charge < -0.3 is 10.1 Å². The lowest BCUT2D eigenvalue weighted by atomic mass is 10.1. The first-order chi connectivity index (χ1) is 9.24. The lowest BCUT2D eigenvalue weighted by Crippen LogP contribution is -2.05. The third kappa shape index (κ3) is 3.24. The van der Waals surface area contributed by atoms with Gasteiger partial charge in [0, 0.05) is 0 Å². The van der Waals surface area contributed by atoms with Crippen molar-refractivity contribution in [2.75, 3.05) is 12.4 Å². The molecule has 0 aliphatic heterocycles. The van der Waals surface area contributed by atoms with Gasteiger partial charge in [-0.1, -0.05) is 12.1 Å². The average Bonchev–Trinajstić information content (AvgIpc) is 2.44. The Hall–Kier alpha value is -2.06. The van der Waals surface area contributed by atoms with Gasteiger partial charge in [-0.15, -0.1) is 0 Å². The van der Waals surface area contributed by atoms with Crippen molar-refractivity contribution in [3.8, 4) is 11.8 Å². The predicted molar refractivity (Wildman–Crippen MR) is 77.0 cm³/mol. The van der Waals surface area contributed by atoms with E-state index in [0.29, 0.717) is 23.5 Å².